The molecule has 1 amide bonds. The predicted octanol–water partition coefficient (Wildman–Crippen LogP) is 2.72. The van der Waals surface area contributed by atoms with Crippen molar-refractivity contribution < 1.29 is 27.1 Å². The molecule has 1 heterocycles. The number of hydrogen-bond donors (Lipinski definition) is 2. The van der Waals surface area contributed by atoms with Crippen molar-refractivity contribution in [2.45, 2.75) is 18.8 Å². The average molecular weight is 314 g/mol. The second-order valence-electron chi connectivity index (χ2n) is 4.52. The number of hydrogen-bond acceptors (Lipinski definition) is 4. The molecule has 4 N–H and O–H groups in total. The minimum absolute atomic E-state index is 0.123. The highest BCUT2D eigenvalue weighted by Crippen LogP contribution is 2.35. The van der Waals surface area contributed by atoms with Crippen molar-refractivity contribution in [3.8, 4) is 17.1 Å². The van der Waals surface area contributed by atoms with Gasteiger partial charge < -0.3 is 20.6 Å². The molecule has 5 nitrogen and oxygen atoms in total. The number of nitrogens with two attached hydrogens (primary N) is 2. The van der Waals surface area contributed by atoms with E-state index < -0.39 is 18.3 Å². The number of carbonyl (C=O) groups is 1. The Kier molecular flexibility index (Phi) is 4.41. The van der Waals surface area contributed by atoms with Gasteiger partial charge in [-0.2, -0.15) is 0 Å². The zero-order valence-electron chi connectivity index (χ0n) is 11.3. The first-order chi connectivity index (χ1) is 10.3. The van der Waals surface area contributed by atoms with Crippen LogP contribution < -0.4 is 16.2 Å². The van der Waals surface area contributed by atoms with Crippen LogP contribution in [-0.4, -0.2) is 12.3 Å². The second kappa shape index (κ2) is 6.10. The van der Waals surface area contributed by atoms with E-state index in [1.165, 1.54) is 30.3 Å². The number of alkyl halides is 3. The minimum atomic E-state index is -4.81. The van der Waals surface area contributed by atoms with Gasteiger partial charge in [0.05, 0.1) is 11.6 Å². The fraction of sp³-hybridized carbons (Fsp3) is 0.214. The maximum Gasteiger partial charge on any atom is 0.573 e. The van der Waals surface area contributed by atoms with Gasteiger partial charge in [0, 0.05) is 6.42 Å². The van der Waals surface area contributed by atoms with Crippen molar-refractivity contribution >= 4 is 5.91 Å². The largest absolute Gasteiger partial charge is 0.573 e. The molecule has 2 rings (SSSR count). The molecular formula is C14H13F3N2O3. The third kappa shape index (κ3) is 4.01. The molecule has 0 bridgehead atoms. The van der Waals surface area contributed by atoms with Crippen LogP contribution in [0.3, 0.4) is 0 Å². The van der Waals surface area contributed by atoms with E-state index in [0.29, 0.717) is 0 Å². The molecule has 1 unspecified atom stereocenters. The lowest BCUT2D eigenvalue weighted by atomic mass is 10.1. The molecule has 8 heteroatoms. The number of amides is 1. The van der Waals surface area contributed by atoms with Gasteiger partial charge >= 0.3 is 6.36 Å². The molecule has 22 heavy (non-hydrogen) atoms. The van der Waals surface area contributed by atoms with Crippen molar-refractivity contribution in [1.82, 2.24) is 0 Å². The van der Waals surface area contributed by atoms with Crippen LogP contribution >= 0.6 is 0 Å². The second-order valence-corrected chi connectivity index (χ2v) is 4.52. The minimum Gasteiger partial charge on any atom is -0.459 e. The Labute approximate surface area is 123 Å². The summed E-state index contributed by atoms with van der Waals surface area (Å²) in [5.74, 6) is -0.601. The van der Waals surface area contributed by atoms with Crippen molar-refractivity contribution in [2.75, 3.05) is 0 Å². The molecule has 0 aliphatic carbocycles. The molecule has 0 fully saturated rings. The van der Waals surface area contributed by atoms with Crippen molar-refractivity contribution in [2.24, 2.45) is 11.5 Å². The van der Waals surface area contributed by atoms with E-state index in [4.69, 9.17) is 15.9 Å². The number of para-hydroxylation sites is 1. The summed E-state index contributed by atoms with van der Waals surface area (Å²) in [5, 5.41) is 0. The van der Waals surface area contributed by atoms with Crippen LogP contribution in [0.15, 0.2) is 40.8 Å². The van der Waals surface area contributed by atoms with Crippen LogP contribution in [0.5, 0.6) is 5.75 Å². The van der Waals surface area contributed by atoms with Crippen LogP contribution in [0, 0.1) is 0 Å². The van der Waals surface area contributed by atoms with Gasteiger partial charge in [-0.3, -0.25) is 4.79 Å². The lowest BCUT2D eigenvalue weighted by Crippen LogP contribution is -2.20. The van der Waals surface area contributed by atoms with Crippen LogP contribution in [0.4, 0.5) is 13.2 Å². The smallest absolute Gasteiger partial charge is 0.459 e. The summed E-state index contributed by atoms with van der Waals surface area (Å²) in [5.41, 5.74) is 10.9. The average Bonchev–Trinajstić information content (AvgIpc) is 2.86. The Morgan fingerprint density at radius 1 is 1.23 bits per heavy atom. The van der Waals surface area contributed by atoms with Crippen molar-refractivity contribution in [1.29, 1.82) is 0 Å². The molecule has 0 spiro atoms. The van der Waals surface area contributed by atoms with Gasteiger partial charge in [0.25, 0.3) is 0 Å². The highest BCUT2D eigenvalue weighted by Gasteiger charge is 2.32. The maximum absolute atomic E-state index is 12.4. The predicted molar refractivity (Wildman–Crippen MR) is 71.6 cm³/mol. The molecule has 0 aliphatic heterocycles. The first kappa shape index (κ1) is 15.9. The molecule has 1 aromatic heterocycles. The summed E-state index contributed by atoms with van der Waals surface area (Å²) >= 11 is 0. The van der Waals surface area contributed by atoms with Crippen LogP contribution in [0.25, 0.3) is 11.3 Å². The summed E-state index contributed by atoms with van der Waals surface area (Å²) in [6.45, 7) is 0. The van der Waals surface area contributed by atoms with E-state index >= 15 is 0 Å². The summed E-state index contributed by atoms with van der Waals surface area (Å²) in [7, 11) is 0. The topological polar surface area (TPSA) is 91.5 Å². The van der Waals surface area contributed by atoms with E-state index in [1.54, 1.807) is 6.07 Å². The SMILES string of the molecule is NC(=O)CC(N)c1ccc(-c2ccccc2OC(F)(F)F)o1. The van der Waals surface area contributed by atoms with Gasteiger partial charge in [-0.25, -0.2) is 0 Å². The van der Waals surface area contributed by atoms with Crippen LogP contribution in [0.2, 0.25) is 0 Å². The number of rotatable bonds is 5. The third-order valence-electron chi connectivity index (χ3n) is 2.79. The van der Waals surface area contributed by atoms with Crippen LogP contribution in [0.1, 0.15) is 18.2 Å². The number of benzene rings is 1. The molecule has 0 saturated carbocycles. The molecule has 2 aromatic rings. The number of primary amides is 1. The fourth-order valence-corrected chi connectivity index (χ4v) is 1.90. The summed E-state index contributed by atoms with van der Waals surface area (Å²) in [6.07, 6.45) is -4.94. The lowest BCUT2D eigenvalue weighted by molar-refractivity contribution is -0.274. The molecule has 1 atom stereocenters. The van der Waals surface area contributed by atoms with Crippen LogP contribution in [-0.2, 0) is 4.79 Å². The number of halogens is 3. The zero-order valence-corrected chi connectivity index (χ0v) is 11.3. The number of furan rings is 1. The van der Waals surface area contributed by atoms with Gasteiger partial charge in [-0.15, -0.1) is 13.2 Å². The van der Waals surface area contributed by atoms with E-state index in [0.717, 1.165) is 0 Å². The van der Waals surface area contributed by atoms with Gasteiger partial charge in [-0.05, 0) is 24.3 Å². The van der Waals surface area contributed by atoms with E-state index in [2.05, 4.69) is 4.74 Å². The van der Waals surface area contributed by atoms with Gasteiger partial charge in [0.2, 0.25) is 5.91 Å². The number of ether oxygens (including phenoxy) is 1. The molecule has 118 valence electrons. The molecule has 0 saturated heterocycles. The molecular weight excluding hydrogens is 301 g/mol. The standard InChI is InChI=1S/C14H13F3N2O3/c15-14(16,17)22-11-4-2-1-3-8(11)10-5-6-12(21-10)9(18)7-13(19)20/h1-6,9H,7,18H2,(H2,19,20). The zero-order chi connectivity index (χ0) is 16.3. The van der Waals surface area contributed by atoms with E-state index in [-0.39, 0.29) is 29.3 Å². The third-order valence-corrected chi connectivity index (χ3v) is 2.79. The van der Waals surface area contributed by atoms with E-state index in [9.17, 15) is 18.0 Å². The highest BCUT2D eigenvalue weighted by molar-refractivity contribution is 5.74. The molecule has 1 aromatic carbocycles. The monoisotopic (exact) mass is 314 g/mol. The Bertz CT molecular complexity index is 667. The number of carbonyl (C=O) groups excluding carboxylic acids is 1. The summed E-state index contributed by atoms with van der Waals surface area (Å²) in [4.78, 5) is 10.8. The first-order valence-corrected chi connectivity index (χ1v) is 6.25. The fourth-order valence-electron chi connectivity index (χ4n) is 1.90. The Morgan fingerprint density at radius 3 is 2.55 bits per heavy atom. The van der Waals surface area contributed by atoms with Gasteiger partial charge in [0.1, 0.15) is 17.3 Å². The Balaban J connectivity index is 2.29. The lowest BCUT2D eigenvalue weighted by Gasteiger charge is -2.12. The summed E-state index contributed by atoms with van der Waals surface area (Å²) in [6, 6.07) is 7.72. The molecule has 0 radical (unpaired) electrons. The van der Waals surface area contributed by atoms with Crippen molar-refractivity contribution in [3.63, 3.8) is 0 Å². The maximum atomic E-state index is 12.4. The molecule has 0 aliphatic rings. The Hall–Kier alpha value is -2.48. The normalized spacial score (nSPS) is 12.9. The van der Waals surface area contributed by atoms with Gasteiger partial charge in [0.15, 0.2) is 0 Å². The quantitative estimate of drug-likeness (QED) is 0.887. The summed E-state index contributed by atoms with van der Waals surface area (Å²) < 4.78 is 46.5. The van der Waals surface area contributed by atoms with Crippen molar-refractivity contribution in [3.05, 3.63) is 42.2 Å². The highest BCUT2D eigenvalue weighted by atomic mass is 19.4. The van der Waals surface area contributed by atoms with Gasteiger partial charge in [-0.1, -0.05) is 12.1 Å². The van der Waals surface area contributed by atoms with E-state index in [1.807, 2.05) is 0 Å². The first-order valence-electron chi connectivity index (χ1n) is 6.25. The Morgan fingerprint density at radius 2 is 1.91 bits per heavy atom.